The normalized spacial score (nSPS) is 22.4. The number of aromatic nitrogens is 2. The minimum Gasteiger partial charge on any atom is -0.375 e. The van der Waals surface area contributed by atoms with Crippen molar-refractivity contribution >= 4 is 11.5 Å². The van der Waals surface area contributed by atoms with E-state index in [-0.39, 0.29) is 0 Å². The van der Waals surface area contributed by atoms with Gasteiger partial charge >= 0.3 is 0 Å². The van der Waals surface area contributed by atoms with E-state index in [1.54, 1.807) is 42.2 Å². The molecule has 1 aromatic heterocycles. The summed E-state index contributed by atoms with van der Waals surface area (Å²) >= 11 is 0. The molecule has 0 bridgehead atoms. The van der Waals surface area contributed by atoms with Gasteiger partial charge in [0.25, 0.3) is 0 Å². The number of hydrogen-bond donors (Lipinski definition) is 2. The molecule has 1 aliphatic heterocycles. The number of fused-ring (bicyclic) bond motifs is 1. The number of aryl methyl sites for hydroxylation is 1. The average molecular weight is 337 g/mol. The highest BCUT2D eigenvalue weighted by molar-refractivity contribution is 6.09. The van der Waals surface area contributed by atoms with Gasteiger partial charge in [-0.3, -0.25) is 4.79 Å². The molecule has 0 amide bonds. The molecular weight excluding hydrogens is 321 g/mol. The molecular formula is C19H16FN3O2. The van der Waals surface area contributed by atoms with Crippen LogP contribution in [0.5, 0.6) is 0 Å². The Morgan fingerprint density at radius 3 is 2.60 bits per heavy atom. The topological polar surface area (TPSA) is 67.2 Å². The van der Waals surface area contributed by atoms with E-state index in [0.717, 1.165) is 0 Å². The van der Waals surface area contributed by atoms with E-state index >= 15 is 0 Å². The molecule has 1 aliphatic rings. The number of ketones is 1. The van der Waals surface area contributed by atoms with E-state index in [2.05, 4.69) is 10.3 Å². The zero-order valence-corrected chi connectivity index (χ0v) is 13.5. The van der Waals surface area contributed by atoms with Gasteiger partial charge in [0.1, 0.15) is 17.7 Å². The van der Waals surface area contributed by atoms with Gasteiger partial charge in [0, 0.05) is 30.7 Å². The molecule has 25 heavy (non-hydrogen) atoms. The molecule has 2 unspecified atom stereocenters. The fourth-order valence-electron chi connectivity index (χ4n) is 3.31. The molecule has 0 spiro atoms. The van der Waals surface area contributed by atoms with Gasteiger partial charge in [0.05, 0.1) is 0 Å². The maximum atomic E-state index is 13.4. The number of nitrogens with zero attached hydrogens (tertiary/aromatic N) is 2. The number of para-hydroxylation sites is 1. The van der Waals surface area contributed by atoms with Crippen molar-refractivity contribution in [3.63, 3.8) is 0 Å². The molecule has 0 saturated heterocycles. The number of carbonyl (C=O) groups is 1. The number of hydrogen-bond acceptors (Lipinski definition) is 4. The SMILES string of the molecule is Cn1ccnc1C1Nc2ccccc2C(=O)C1(O)c1ccc(F)cc1. The minimum absolute atomic E-state index is 0.314. The van der Waals surface area contributed by atoms with E-state index in [1.165, 1.54) is 24.3 Å². The smallest absolute Gasteiger partial charge is 0.203 e. The number of anilines is 1. The molecule has 2 aromatic carbocycles. The van der Waals surface area contributed by atoms with Gasteiger partial charge in [-0.1, -0.05) is 24.3 Å². The molecule has 3 aromatic rings. The third kappa shape index (κ3) is 2.26. The molecule has 2 heterocycles. The van der Waals surface area contributed by atoms with Crippen LogP contribution in [0, 0.1) is 5.82 Å². The second-order valence-corrected chi connectivity index (χ2v) is 6.12. The summed E-state index contributed by atoms with van der Waals surface area (Å²) < 4.78 is 15.1. The van der Waals surface area contributed by atoms with Crippen molar-refractivity contribution in [2.24, 2.45) is 7.05 Å². The fourth-order valence-corrected chi connectivity index (χ4v) is 3.31. The molecule has 6 heteroatoms. The Morgan fingerprint density at radius 2 is 1.92 bits per heavy atom. The lowest BCUT2D eigenvalue weighted by molar-refractivity contribution is 0.0145. The molecule has 0 saturated carbocycles. The summed E-state index contributed by atoms with van der Waals surface area (Å²) in [7, 11) is 1.79. The quantitative estimate of drug-likeness (QED) is 0.755. The Hall–Kier alpha value is -2.99. The number of benzene rings is 2. The van der Waals surface area contributed by atoms with Gasteiger partial charge in [-0.25, -0.2) is 9.37 Å². The molecule has 5 nitrogen and oxygen atoms in total. The van der Waals surface area contributed by atoms with Gasteiger partial charge in [-0.05, 0) is 29.8 Å². The lowest BCUT2D eigenvalue weighted by Crippen LogP contribution is -2.49. The number of carbonyl (C=O) groups excluding carboxylic acids is 1. The maximum absolute atomic E-state index is 13.4. The number of nitrogens with one attached hydrogen (secondary N) is 1. The second kappa shape index (κ2) is 5.53. The first-order chi connectivity index (χ1) is 12.0. The van der Waals surface area contributed by atoms with Gasteiger partial charge in [0.15, 0.2) is 5.60 Å². The molecule has 2 atom stereocenters. The van der Waals surface area contributed by atoms with Crippen LogP contribution in [0.25, 0.3) is 0 Å². The molecule has 2 N–H and O–H groups in total. The van der Waals surface area contributed by atoms with Crippen molar-refractivity contribution in [3.05, 3.63) is 83.7 Å². The summed E-state index contributed by atoms with van der Waals surface area (Å²) in [5, 5.41) is 14.7. The maximum Gasteiger partial charge on any atom is 0.203 e. The van der Waals surface area contributed by atoms with Gasteiger partial charge in [0.2, 0.25) is 5.78 Å². The van der Waals surface area contributed by atoms with E-state index < -0.39 is 23.2 Å². The van der Waals surface area contributed by atoms with Gasteiger partial charge in [-0.15, -0.1) is 0 Å². The van der Waals surface area contributed by atoms with Crippen molar-refractivity contribution in [2.75, 3.05) is 5.32 Å². The Kier molecular flexibility index (Phi) is 3.43. The van der Waals surface area contributed by atoms with E-state index in [1.807, 2.05) is 6.07 Å². The summed E-state index contributed by atoms with van der Waals surface area (Å²) in [6.45, 7) is 0. The highest BCUT2D eigenvalue weighted by atomic mass is 19.1. The first kappa shape index (κ1) is 15.5. The van der Waals surface area contributed by atoms with Crippen LogP contribution in [0.1, 0.15) is 27.8 Å². The first-order valence-corrected chi connectivity index (χ1v) is 7.88. The van der Waals surface area contributed by atoms with E-state index in [4.69, 9.17) is 0 Å². The van der Waals surface area contributed by atoms with Crippen LogP contribution in [0.3, 0.4) is 0 Å². The highest BCUT2D eigenvalue weighted by Gasteiger charge is 2.51. The first-order valence-electron chi connectivity index (χ1n) is 7.88. The number of halogens is 1. The van der Waals surface area contributed by atoms with Crippen molar-refractivity contribution in [2.45, 2.75) is 11.6 Å². The molecule has 0 aliphatic carbocycles. The van der Waals surface area contributed by atoms with Crippen molar-refractivity contribution < 1.29 is 14.3 Å². The Balaban J connectivity index is 1.95. The number of Topliss-reactive ketones (excluding diaryl/α,β-unsaturated/α-hetero) is 1. The van der Waals surface area contributed by atoms with Crippen molar-refractivity contribution in [1.29, 1.82) is 0 Å². The zero-order chi connectivity index (χ0) is 17.6. The van der Waals surface area contributed by atoms with Gasteiger partial charge < -0.3 is 15.0 Å². The van der Waals surface area contributed by atoms with Crippen LogP contribution in [0.15, 0.2) is 60.9 Å². The standard InChI is InChI=1S/C19H16FN3O2/c1-23-11-10-21-18(23)16-19(25,12-6-8-13(20)9-7-12)17(24)14-4-2-3-5-15(14)22-16/h2-11,16,22,25H,1H3. The summed E-state index contributed by atoms with van der Waals surface area (Å²) in [5.74, 6) is -0.367. The monoisotopic (exact) mass is 337 g/mol. The lowest BCUT2D eigenvalue weighted by atomic mass is 9.76. The largest absolute Gasteiger partial charge is 0.375 e. The van der Waals surface area contributed by atoms with E-state index in [9.17, 15) is 14.3 Å². The minimum atomic E-state index is -1.90. The highest BCUT2D eigenvalue weighted by Crippen LogP contribution is 2.44. The van der Waals surface area contributed by atoms with Crippen molar-refractivity contribution in [1.82, 2.24) is 9.55 Å². The Bertz CT molecular complexity index is 951. The van der Waals surface area contributed by atoms with Crippen LogP contribution in [0.4, 0.5) is 10.1 Å². The van der Waals surface area contributed by atoms with E-state index in [0.29, 0.717) is 22.6 Å². The predicted molar refractivity (Wildman–Crippen MR) is 90.6 cm³/mol. The molecule has 0 fully saturated rings. The van der Waals surface area contributed by atoms with Crippen molar-refractivity contribution in [3.8, 4) is 0 Å². The van der Waals surface area contributed by atoms with Crippen LogP contribution >= 0.6 is 0 Å². The zero-order valence-electron chi connectivity index (χ0n) is 13.5. The molecule has 0 radical (unpaired) electrons. The summed E-state index contributed by atoms with van der Waals surface area (Å²) in [4.78, 5) is 17.5. The van der Waals surface area contributed by atoms with Crippen LogP contribution in [-0.2, 0) is 12.6 Å². The predicted octanol–water partition coefficient (Wildman–Crippen LogP) is 2.80. The summed E-state index contributed by atoms with van der Waals surface area (Å²) in [6, 6.07) is 11.5. The summed E-state index contributed by atoms with van der Waals surface area (Å²) in [5.41, 5.74) is -0.567. The number of imidazole rings is 1. The molecule has 126 valence electrons. The number of rotatable bonds is 2. The Labute approximate surface area is 143 Å². The Morgan fingerprint density at radius 1 is 1.20 bits per heavy atom. The fraction of sp³-hybridized carbons (Fsp3) is 0.158. The number of aliphatic hydroxyl groups is 1. The molecule has 4 rings (SSSR count). The average Bonchev–Trinajstić information content (AvgIpc) is 3.04. The van der Waals surface area contributed by atoms with Crippen LogP contribution in [-0.4, -0.2) is 20.4 Å². The van der Waals surface area contributed by atoms with Crippen LogP contribution in [0.2, 0.25) is 0 Å². The van der Waals surface area contributed by atoms with Crippen LogP contribution < -0.4 is 5.32 Å². The second-order valence-electron chi connectivity index (χ2n) is 6.12. The third-order valence-electron chi connectivity index (χ3n) is 4.64. The lowest BCUT2D eigenvalue weighted by Gasteiger charge is -2.40. The third-order valence-corrected chi connectivity index (χ3v) is 4.64. The van der Waals surface area contributed by atoms with Gasteiger partial charge in [-0.2, -0.15) is 0 Å². The summed E-state index contributed by atoms with van der Waals surface area (Å²) in [6.07, 6.45) is 3.35.